The number of carbonyl (C=O) groups is 4. The summed E-state index contributed by atoms with van der Waals surface area (Å²) in [7, 11) is 2.76. The van der Waals surface area contributed by atoms with Gasteiger partial charge in [0.05, 0.1) is 30.5 Å². The van der Waals surface area contributed by atoms with Crippen LogP contribution in [0.5, 0.6) is 17.2 Å². The Bertz CT molecular complexity index is 1250. The standard InChI is InChI=1S/C24H20BrNO8/c1-33-16-5-9(6-17(34-2)22(16)29)18-10-3-4-11-19(24(31)26(32)23(11)30)12(10)7-13-20(18)15(27)8-14(25)21(13)28/h3,5-6,8,11-12,18-19,29,32H,4,7H2,1-2H3. The number of benzene rings is 1. The van der Waals surface area contributed by atoms with Gasteiger partial charge in [-0.15, -0.1) is 0 Å². The number of phenolic OH excluding ortho intramolecular Hbond substituents is 1. The predicted molar refractivity (Wildman–Crippen MR) is 119 cm³/mol. The highest BCUT2D eigenvalue weighted by Crippen LogP contribution is 2.56. The minimum absolute atomic E-state index is 0.0888. The van der Waals surface area contributed by atoms with E-state index in [4.69, 9.17) is 9.47 Å². The largest absolute Gasteiger partial charge is 0.502 e. The Hall–Kier alpha value is -3.24. The third kappa shape index (κ3) is 3.01. The fourth-order valence-electron chi connectivity index (χ4n) is 5.65. The summed E-state index contributed by atoms with van der Waals surface area (Å²) in [6.45, 7) is 0. The Kier molecular flexibility index (Phi) is 5.25. The van der Waals surface area contributed by atoms with Gasteiger partial charge in [-0.05, 0) is 52.4 Å². The normalized spacial score (nSPS) is 28.3. The van der Waals surface area contributed by atoms with Crippen LogP contribution in [-0.2, 0) is 19.2 Å². The molecule has 2 N–H and O–H groups in total. The lowest BCUT2D eigenvalue weighted by Crippen LogP contribution is -2.39. The van der Waals surface area contributed by atoms with Gasteiger partial charge in [0, 0.05) is 23.1 Å². The lowest BCUT2D eigenvalue weighted by Gasteiger charge is -2.42. The van der Waals surface area contributed by atoms with Crippen LogP contribution in [-0.4, -0.2) is 53.0 Å². The number of amides is 2. The molecule has 9 nitrogen and oxygen atoms in total. The summed E-state index contributed by atoms with van der Waals surface area (Å²) in [5.74, 6) is -4.95. The smallest absolute Gasteiger partial charge is 0.257 e. The van der Waals surface area contributed by atoms with Gasteiger partial charge in [-0.3, -0.25) is 24.4 Å². The van der Waals surface area contributed by atoms with E-state index in [1.165, 1.54) is 20.3 Å². The Morgan fingerprint density at radius 3 is 2.29 bits per heavy atom. The van der Waals surface area contributed by atoms with Gasteiger partial charge in [-0.2, -0.15) is 5.06 Å². The third-order valence-corrected chi connectivity index (χ3v) is 7.73. The van der Waals surface area contributed by atoms with Gasteiger partial charge in [-0.25, -0.2) is 0 Å². The van der Waals surface area contributed by atoms with Crippen molar-refractivity contribution in [3.63, 3.8) is 0 Å². The first kappa shape index (κ1) is 22.5. The number of ketones is 2. The van der Waals surface area contributed by atoms with E-state index in [1.807, 2.05) is 6.08 Å². The number of allylic oxidation sites excluding steroid dienone is 6. The Morgan fingerprint density at radius 2 is 1.68 bits per heavy atom. The van der Waals surface area contributed by atoms with E-state index in [0.29, 0.717) is 11.1 Å². The number of aromatic hydroxyl groups is 1. The van der Waals surface area contributed by atoms with Gasteiger partial charge in [0.15, 0.2) is 23.1 Å². The zero-order valence-electron chi connectivity index (χ0n) is 18.2. The van der Waals surface area contributed by atoms with Gasteiger partial charge < -0.3 is 14.6 Å². The topological polar surface area (TPSA) is 130 Å². The van der Waals surface area contributed by atoms with Crippen molar-refractivity contribution in [1.29, 1.82) is 0 Å². The van der Waals surface area contributed by atoms with E-state index in [9.17, 15) is 29.5 Å². The van der Waals surface area contributed by atoms with E-state index < -0.39 is 35.5 Å². The predicted octanol–water partition coefficient (Wildman–Crippen LogP) is 2.56. The Labute approximate surface area is 202 Å². The highest BCUT2D eigenvalue weighted by molar-refractivity contribution is 9.12. The molecule has 0 spiro atoms. The molecule has 1 aromatic rings. The highest BCUT2D eigenvalue weighted by atomic mass is 79.9. The average Bonchev–Trinajstić information content (AvgIpc) is 3.05. The molecule has 3 aliphatic carbocycles. The van der Waals surface area contributed by atoms with Gasteiger partial charge in [-0.1, -0.05) is 11.6 Å². The van der Waals surface area contributed by atoms with Crippen LogP contribution >= 0.6 is 15.9 Å². The molecule has 4 unspecified atom stereocenters. The van der Waals surface area contributed by atoms with E-state index in [1.54, 1.807) is 12.1 Å². The molecule has 0 saturated carbocycles. The second-order valence-electron chi connectivity index (χ2n) is 8.66. The number of imide groups is 1. The van der Waals surface area contributed by atoms with Crippen molar-refractivity contribution in [3.05, 3.63) is 51.0 Å². The summed E-state index contributed by atoms with van der Waals surface area (Å²) in [5.41, 5.74) is 1.77. The maximum absolute atomic E-state index is 13.2. The first-order valence-corrected chi connectivity index (χ1v) is 11.4. The van der Waals surface area contributed by atoms with Crippen molar-refractivity contribution in [2.45, 2.75) is 18.8 Å². The molecule has 0 aromatic heterocycles. The monoisotopic (exact) mass is 529 g/mol. The van der Waals surface area contributed by atoms with Crippen LogP contribution in [0, 0.1) is 17.8 Å². The molecule has 0 radical (unpaired) electrons. The van der Waals surface area contributed by atoms with Crippen molar-refractivity contribution < 1.29 is 39.0 Å². The van der Waals surface area contributed by atoms with E-state index in [2.05, 4.69) is 15.9 Å². The van der Waals surface area contributed by atoms with Crippen molar-refractivity contribution in [1.82, 2.24) is 5.06 Å². The van der Waals surface area contributed by atoms with E-state index in [-0.39, 0.29) is 62.3 Å². The minimum atomic E-state index is -0.845. The number of Topliss-reactive ketones (excluding diaryl/α,β-unsaturated/α-hetero) is 1. The molecule has 4 atom stereocenters. The van der Waals surface area contributed by atoms with Crippen molar-refractivity contribution in [3.8, 4) is 17.2 Å². The maximum atomic E-state index is 13.2. The van der Waals surface area contributed by atoms with Crippen LogP contribution in [0.4, 0.5) is 0 Å². The average molecular weight is 530 g/mol. The lowest BCUT2D eigenvalue weighted by molar-refractivity contribution is -0.173. The van der Waals surface area contributed by atoms with Crippen LogP contribution in [0.3, 0.4) is 0 Å². The van der Waals surface area contributed by atoms with Crippen LogP contribution in [0.15, 0.2) is 45.5 Å². The van der Waals surface area contributed by atoms with Gasteiger partial charge in [0.2, 0.25) is 5.75 Å². The lowest BCUT2D eigenvalue weighted by atomic mass is 9.59. The number of rotatable bonds is 3. The molecule has 176 valence electrons. The number of ether oxygens (including phenoxy) is 2. The van der Waals surface area contributed by atoms with Gasteiger partial charge in [0.1, 0.15) is 0 Å². The number of fused-ring (bicyclic) bond motifs is 3. The number of carbonyl (C=O) groups excluding carboxylic acids is 4. The zero-order chi connectivity index (χ0) is 24.5. The number of phenols is 1. The van der Waals surface area contributed by atoms with E-state index in [0.717, 1.165) is 0 Å². The van der Waals surface area contributed by atoms with Crippen LogP contribution in [0.25, 0.3) is 0 Å². The summed E-state index contributed by atoms with van der Waals surface area (Å²) >= 11 is 3.16. The fraction of sp³-hybridized carbons (Fsp3) is 0.333. The molecule has 1 heterocycles. The maximum Gasteiger partial charge on any atom is 0.257 e. The molecule has 10 heteroatoms. The van der Waals surface area contributed by atoms with Gasteiger partial charge in [0.25, 0.3) is 11.8 Å². The van der Waals surface area contributed by atoms with Crippen LogP contribution < -0.4 is 9.47 Å². The molecule has 0 bridgehead atoms. The third-order valence-electron chi connectivity index (χ3n) is 7.14. The molecule has 1 fully saturated rings. The molecular weight excluding hydrogens is 510 g/mol. The van der Waals surface area contributed by atoms with E-state index >= 15 is 0 Å². The summed E-state index contributed by atoms with van der Waals surface area (Å²) in [6, 6.07) is 3.13. The summed E-state index contributed by atoms with van der Waals surface area (Å²) in [5, 5.41) is 20.6. The molecule has 1 aliphatic heterocycles. The Morgan fingerprint density at radius 1 is 1.03 bits per heavy atom. The summed E-state index contributed by atoms with van der Waals surface area (Å²) < 4.78 is 10.7. The molecule has 4 aliphatic rings. The molecule has 2 amide bonds. The number of nitrogens with zero attached hydrogens (tertiary/aromatic N) is 1. The van der Waals surface area contributed by atoms with Gasteiger partial charge >= 0.3 is 0 Å². The number of hydrogen-bond donors (Lipinski definition) is 2. The number of methoxy groups -OCH3 is 2. The fourth-order valence-corrected chi connectivity index (χ4v) is 6.10. The number of halogens is 1. The van der Waals surface area contributed by atoms with Crippen LogP contribution in [0.1, 0.15) is 24.3 Å². The SMILES string of the molecule is COc1cc(C2C3=CCC4C(=O)N(O)C(=O)C4C3CC3=C2C(=O)C=C(Br)C3=O)cc(OC)c1O. The first-order chi connectivity index (χ1) is 16.2. The highest BCUT2D eigenvalue weighted by Gasteiger charge is 2.56. The Balaban J connectivity index is 1.75. The molecule has 1 saturated heterocycles. The molecule has 5 rings (SSSR count). The van der Waals surface area contributed by atoms with Crippen molar-refractivity contribution in [2.24, 2.45) is 17.8 Å². The first-order valence-electron chi connectivity index (χ1n) is 10.6. The number of hydrogen-bond acceptors (Lipinski definition) is 8. The second-order valence-corrected chi connectivity index (χ2v) is 9.51. The quantitative estimate of drug-likeness (QED) is 0.264. The van der Waals surface area contributed by atoms with Crippen LogP contribution in [0.2, 0.25) is 0 Å². The zero-order valence-corrected chi connectivity index (χ0v) is 19.8. The minimum Gasteiger partial charge on any atom is -0.502 e. The molecule has 34 heavy (non-hydrogen) atoms. The summed E-state index contributed by atoms with van der Waals surface area (Å²) in [6.07, 6.45) is 3.35. The summed E-state index contributed by atoms with van der Waals surface area (Å²) in [4.78, 5) is 51.6. The number of hydroxylamine groups is 2. The van der Waals surface area contributed by atoms with Crippen molar-refractivity contribution in [2.75, 3.05) is 14.2 Å². The molecule has 1 aromatic carbocycles. The molecular formula is C24H20BrNO8. The second kappa shape index (κ2) is 7.92. The van der Waals surface area contributed by atoms with Crippen molar-refractivity contribution >= 4 is 39.3 Å².